The van der Waals surface area contributed by atoms with E-state index in [1.807, 2.05) is 0 Å². The van der Waals surface area contributed by atoms with Crippen molar-refractivity contribution in [3.8, 4) is 0 Å². The molecular weight excluding hydrogens is 198 g/mol. The number of ether oxygens (including phenoxy) is 1. The lowest BCUT2D eigenvalue weighted by Crippen LogP contribution is -2.46. The van der Waals surface area contributed by atoms with Crippen molar-refractivity contribution in [2.75, 3.05) is 32.8 Å². The highest BCUT2D eigenvalue weighted by Gasteiger charge is 2.36. The SMILES string of the molecule is CC(C)(C)C(CN1CCOCC1)C(C)(C)C. The lowest BCUT2D eigenvalue weighted by Gasteiger charge is -2.44. The second-order valence-corrected chi connectivity index (χ2v) is 7.20. The average molecular weight is 227 g/mol. The highest BCUT2D eigenvalue weighted by Crippen LogP contribution is 2.40. The molecule has 0 unspecified atom stereocenters. The minimum absolute atomic E-state index is 0.372. The molecule has 0 bridgehead atoms. The zero-order chi connectivity index (χ0) is 12.4. The van der Waals surface area contributed by atoms with Gasteiger partial charge in [-0.2, -0.15) is 0 Å². The molecule has 0 atom stereocenters. The maximum absolute atomic E-state index is 5.41. The van der Waals surface area contributed by atoms with Crippen LogP contribution in [0.15, 0.2) is 0 Å². The maximum atomic E-state index is 5.41. The molecule has 0 aromatic carbocycles. The van der Waals surface area contributed by atoms with Crippen LogP contribution in [0.25, 0.3) is 0 Å². The molecule has 1 fully saturated rings. The van der Waals surface area contributed by atoms with E-state index in [4.69, 9.17) is 4.74 Å². The van der Waals surface area contributed by atoms with Gasteiger partial charge in [0.2, 0.25) is 0 Å². The summed E-state index contributed by atoms with van der Waals surface area (Å²) in [6, 6.07) is 0. The first-order valence-electron chi connectivity index (χ1n) is 6.51. The monoisotopic (exact) mass is 227 g/mol. The van der Waals surface area contributed by atoms with Crippen LogP contribution in [0.1, 0.15) is 41.5 Å². The summed E-state index contributed by atoms with van der Waals surface area (Å²) in [4.78, 5) is 2.56. The Hall–Kier alpha value is -0.0800. The van der Waals surface area contributed by atoms with Crippen molar-refractivity contribution in [1.82, 2.24) is 4.90 Å². The van der Waals surface area contributed by atoms with Crippen LogP contribution in [0.4, 0.5) is 0 Å². The molecule has 0 amide bonds. The first kappa shape index (κ1) is 14.0. The zero-order valence-corrected chi connectivity index (χ0v) is 12.0. The summed E-state index contributed by atoms with van der Waals surface area (Å²) < 4.78 is 5.41. The molecule has 1 aliphatic heterocycles. The molecule has 1 rings (SSSR count). The fourth-order valence-corrected chi connectivity index (χ4v) is 2.89. The van der Waals surface area contributed by atoms with Crippen molar-refractivity contribution in [3.05, 3.63) is 0 Å². The molecule has 0 radical (unpaired) electrons. The largest absolute Gasteiger partial charge is 0.379 e. The fraction of sp³-hybridized carbons (Fsp3) is 1.00. The van der Waals surface area contributed by atoms with Gasteiger partial charge in [-0.25, -0.2) is 0 Å². The van der Waals surface area contributed by atoms with Gasteiger partial charge in [0, 0.05) is 19.6 Å². The number of nitrogens with zero attached hydrogens (tertiary/aromatic N) is 1. The standard InChI is InChI=1S/C14H29NO/c1-13(2,3)12(14(4,5)6)11-15-7-9-16-10-8-15/h12H,7-11H2,1-6H3. The van der Waals surface area contributed by atoms with Crippen molar-refractivity contribution >= 4 is 0 Å². The molecule has 0 aliphatic carbocycles. The van der Waals surface area contributed by atoms with E-state index in [9.17, 15) is 0 Å². The van der Waals surface area contributed by atoms with Gasteiger partial charge in [-0.3, -0.25) is 4.90 Å². The second-order valence-electron chi connectivity index (χ2n) is 7.20. The molecule has 1 aliphatic rings. The van der Waals surface area contributed by atoms with Gasteiger partial charge >= 0.3 is 0 Å². The van der Waals surface area contributed by atoms with Crippen molar-refractivity contribution in [3.63, 3.8) is 0 Å². The number of hydrogen-bond donors (Lipinski definition) is 0. The summed E-state index contributed by atoms with van der Waals surface area (Å²) in [6.45, 7) is 19.4. The summed E-state index contributed by atoms with van der Waals surface area (Å²) in [7, 11) is 0. The second kappa shape index (κ2) is 5.05. The van der Waals surface area contributed by atoms with Crippen LogP contribution < -0.4 is 0 Å². The van der Waals surface area contributed by atoms with Gasteiger partial charge in [0.1, 0.15) is 0 Å². The molecule has 0 spiro atoms. The lowest BCUT2D eigenvalue weighted by atomic mass is 9.66. The Morgan fingerprint density at radius 2 is 1.38 bits per heavy atom. The molecule has 0 saturated carbocycles. The molecule has 2 heteroatoms. The van der Waals surface area contributed by atoms with Crippen LogP contribution in [-0.4, -0.2) is 37.7 Å². The normalized spacial score (nSPS) is 20.4. The first-order valence-corrected chi connectivity index (χ1v) is 6.51. The minimum Gasteiger partial charge on any atom is -0.379 e. The Kier molecular flexibility index (Phi) is 4.42. The minimum atomic E-state index is 0.372. The third kappa shape index (κ3) is 4.06. The van der Waals surface area contributed by atoms with Crippen LogP contribution in [0.3, 0.4) is 0 Å². The molecule has 1 heterocycles. The smallest absolute Gasteiger partial charge is 0.0594 e. The topological polar surface area (TPSA) is 12.5 Å². The Balaban J connectivity index is 2.63. The number of hydrogen-bond acceptors (Lipinski definition) is 2. The maximum Gasteiger partial charge on any atom is 0.0594 e. The fourth-order valence-electron chi connectivity index (χ4n) is 2.89. The molecular formula is C14H29NO. The summed E-state index contributed by atoms with van der Waals surface area (Å²) in [5.74, 6) is 0.720. The van der Waals surface area contributed by atoms with Crippen LogP contribution in [0.5, 0.6) is 0 Å². The molecule has 96 valence electrons. The predicted molar refractivity (Wildman–Crippen MR) is 69.7 cm³/mol. The molecule has 0 N–H and O–H groups in total. The Morgan fingerprint density at radius 3 is 1.75 bits per heavy atom. The van der Waals surface area contributed by atoms with Gasteiger partial charge < -0.3 is 4.74 Å². The highest BCUT2D eigenvalue weighted by atomic mass is 16.5. The Labute approximate surface area is 101 Å². The summed E-state index contributed by atoms with van der Waals surface area (Å²) in [5.41, 5.74) is 0.743. The quantitative estimate of drug-likeness (QED) is 0.719. The zero-order valence-electron chi connectivity index (χ0n) is 12.0. The number of morpholine rings is 1. The van der Waals surface area contributed by atoms with Crippen molar-refractivity contribution in [2.45, 2.75) is 41.5 Å². The van der Waals surface area contributed by atoms with Crippen LogP contribution in [0, 0.1) is 16.7 Å². The molecule has 0 aromatic heterocycles. The van der Waals surface area contributed by atoms with Crippen LogP contribution in [-0.2, 0) is 4.74 Å². The molecule has 2 nitrogen and oxygen atoms in total. The van der Waals surface area contributed by atoms with Crippen LogP contribution in [0.2, 0.25) is 0 Å². The van der Waals surface area contributed by atoms with E-state index >= 15 is 0 Å². The molecule has 16 heavy (non-hydrogen) atoms. The Morgan fingerprint density at radius 1 is 0.938 bits per heavy atom. The number of rotatable bonds is 2. The predicted octanol–water partition coefficient (Wildman–Crippen LogP) is 3.03. The third-order valence-corrected chi connectivity index (χ3v) is 3.64. The van der Waals surface area contributed by atoms with Crippen molar-refractivity contribution in [1.29, 1.82) is 0 Å². The summed E-state index contributed by atoms with van der Waals surface area (Å²) in [5, 5.41) is 0. The van der Waals surface area contributed by atoms with Gasteiger partial charge in [-0.1, -0.05) is 41.5 Å². The van der Waals surface area contributed by atoms with Gasteiger partial charge in [0.25, 0.3) is 0 Å². The highest BCUT2D eigenvalue weighted by molar-refractivity contribution is 4.86. The van der Waals surface area contributed by atoms with E-state index in [1.165, 1.54) is 6.54 Å². The van der Waals surface area contributed by atoms with E-state index in [-0.39, 0.29) is 0 Å². The average Bonchev–Trinajstić information content (AvgIpc) is 2.12. The first-order chi connectivity index (χ1) is 7.21. The molecule has 0 aromatic rings. The van der Waals surface area contributed by atoms with Gasteiger partial charge in [-0.15, -0.1) is 0 Å². The molecule has 1 saturated heterocycles. The van der Waals surface area contributed by atoms with Crippen molar-refractivity contribution < 1.29 is 4.74 Å². The van der Waals surface area contributed by atoms with Crippen molar-refractivity contribution in [2.24, 2.45) is 16.7 Å². The van der Waals surface area contributed by atoms with E-state index in [1.54, 1.807) is 0 Å². The van der Waals surface area contributed by atoms with Gasteiger partial charge in [0.15, 0.2) is 0 Å². The third-order valence-electron chi connectivity index (χ3n) is 3.64. The van der Waals surface area contributed by atoms with E-state index in [0.29, 0.717) is 10.8 Å². The van der Waals surface area contributed by atoms with Gasteiger partial charge in [-0.05, 0) is 16.7 Å². The summed E-state index contributed by atoms with van der Waals surface area (Å²) >= 11 is 0. The van der Waals surface area contributed by atoms with E-state index < -0.39 is 0 Å². The van der Waals surface area contributed by atoms with E-state index in [2.05, 4.69) is 46.4 Å². The Bertz CT molecular complexity index is 192. The summed E-state index contributed by atoms with van der Waals surface area (Å²) in [6.07, 6.45) is 0. The lowest BCUT2D eigenvalue weighted by molar-refractivity contribution is -0.00313. The van der Waals surface area contributed by atoms with Gasteiger partial charge in [0.05, 0.1) is 13.2 Å². The van der Waals surface area contributed by atoms with Crippen LogP contribution >= 0.6 is 0 Å². The van der Waals surface area contributed by atoms with E-state index in [0.717, 1.165) is 32.2 Å².